The number of nitrogen functional groups attached to an aromatic ring is 1. The number of benzene rings is 2. The van der Waals surface area contributed by atoms with E-state index in [1.807, 2.05) is 18.4 Å². The van der Waals surface area contributed by atoms with Crippen molar-refractivity contribution in [1.29, 1.82) is 0 Å². The maximum atomic E-state index is 14.5. The first kappa shape index (κ1) is 18.7. The zero-order valence-corrected chi connectivity index (χ0v) is 16.2. The van der Waals surface area contributed by atoms with E-state index in [9.17, 15) is 8.78 Å². The smallest absolute Gasteiger partial charge is 0.177 e. The fraction of sp³-hybridized carbons (Fsp3) is 0.300. The van der Waals surface area contributed by atoms with Crippen molar-refractivity contribution >= 4 is 17.3 Å². The highest BCUT2D eigenvalue weighted by atomic mass is 35.5. The molecule has 1 fully saturated rings. The summed E-state index contributed by atoms with van der Waals surface area (Å²) in [5.41, 5.74) is 5.40. The molecule has 0 atom stereocenters. The van der Waals surface area contributed by atoms with Gasteiger partial charge in [-0.3, -0.25) is 0 Å². The summed E-state index contributed by atoms with van der Waals surface area (Å²) in [5, 5.41) is 8.71. The molecule has 5 nitrogen and oxygen atoms in total. The molecule has 3 aromatic rings. The Morgan fingerprint density at radius 1 is 1.14 bits per heavy atom. The number of hydrogen-bond donors (Lipinski definition) is 1. The van der Waals surface area contributed by atoms with Gasteiger partial charge in [0.05, 0.1) is 10.6 Å². The average Bonchev–Trinajstić information content (AvgIpc) is 3.36. The highest BCUT2D eigenvalue weighted by Crippen LogP contribution is 2.42. The summed E-state index contributed by atoms with van der Waals surface area (Å²) in [6.45, 7) is 3.64. The van der Waals surface area contributed by atoms with E-state index in [0.717, 1.165) is 12.8 Å². The fourth-order valence-corrected chi connectivity index (χ4v) is 3.36. The molecular weight excluding hydrogens is 386 g/mol. The Morgan fingerprint density at radius 2 is 1.89 bits per heavy atom. The topological polar surface area (TPSA) is 66.0 Å². The number of hydrogen-bond acceptors (Lipinski definition) is 4. The third kappa shape index (κ3) is 3.42. The molecule has 1 saturated carbocycles. The number of anilines is 1. The minimum absolute atomic E-state index is 0.162. The fourth-order valence-electron chi connectivity index (χ4n) is 3.16. The van der Waals surface area contributed by atoms with Crippen LogP contribution in [0.1, 0.15) is 38.6 Å². The van der Waals surface area contributed by atoms with Gasteiger partial charge < -0.3 is 15.0 Å². The summed E-state index contributed by atoms with van der Waals surface area (Å²) < 4.78 is 35.8. The zero-order chi connectivity index (χ0) is 20.1. The van der Waals surface area contributed by atoms with Gasteiger partial charge in [-0.25, -0.2) is 8.78 Å². The predicted octanol–water partition coefficient (Wildman–Crippen LogP) is 5.11. The van der Waals surface area contributed by atoms with E-state index >= 15 is 0 Å². The number of aromatic nitrogens is 3. The van der Waals surface area contributed by atoms with Gasteiger partial charge in [0.15, 0.2) is 17.2 Å². The molecule has 2 N–H and O–H groups in total. The summed E-state index contributed by atoms with van der Waals surface area (Å²) >= 11 is 6.11. The van der Waals surface area contributed by atoms with E-state index in [1.54, 1.807) is 12.1 Å². The number of halogens is 3. The molecule has 1 aliphatic rings. The maximum Gasteiger partial charge on any atom is 0.177 e. The van der Waals surface area contributed by atoms with Crippen LogP contribution < -0.4 is 10.5 Å². The molecule has 28 heavy (non-hydrogen) atoms. The van der Waals surface area contributed by atoms with Crippen molar-refractivity contribution in [2.24, 2.45) is 0 Å². The van der Waals surface area contributed by atoms with Crippen LogP contribution in [0.15, 0.2) is 36.4 Å². The minimum atomic E-state index is -0.931. The van der Waals surface area contributed by atoms with Crippen LogP contribution in [0.5, 0.6) is 5.75 Å². The third-order valence-corrected chi connectivity index (χ3v) is 4.93. The average molecular weight is 405 g/mol. The number of rotatable bonds is 5. The highest BCUT2D eigenvalue weighted by molar-refractivity contribution is 6.32. The first-order valence-electron chi connectivity index (χ1n) is 8.91. The van der Waals surface area contributed by atoms with Crippen molar-refractivity contribution in [1.82, 2.24) is 14.8 Å². The number of nitrogens with zero attached hydrogens (tertiary/aromatic N) is 3. The van der Waals surface area contributed by atoms with Gasteiger partial charge in [-0.15, -0.1) is 10.2 Å². The largest absolute Gasteiger partial charge is 0.478 e. The van der Waals surface area contributed by atoms with Gasteiger partial charge in [-0.1, -0.05) is 11.6 Å². The van der Waals surface area contributed by atoms with Crippen molar-refractivity contribution in [3.8, 4) is 17.1 Å². The van der Waals surface area contributed by atoms with Gasteiger partial charge in [0, 0.05) is 11.7 Å². The molecule has 1 aliphatic carbocycles. The van der Waals surface area contributed by atoms with E-state index in [0.29, 0.717) is 28.6 Å². The number of ether oxygens (including phenoxy) is 1. The normalized spacial score (nSPS) is 14.3. The maximum absolute atomic E-state index is 14.5. The zero-order valence-electron chi connectivity index (χ0n) is 15.4. The van der Waals surface area contributed by atoms with Crippen LogP contribution in [0.4, 0.5) is 14.5 Å². The molecule has 146 valence electrons. The number of nitrogens with two attached hydrogens (primary N) is 1. The molecular formula is C20H19ClF2N4O. The Kier molecular flexibility index (Phi) is 4.50. The highest BCUT2D eigenvalue weighted by Gasteiger charge is 2.38. The van der Waals surface area contributed by atoms with Gasteiger partial charge in [-0.2, -0.15) is 0 Å². The van der Waals surface area contributed by atoms with Crippen LogP contribution in [0.25, 0.3) is 11.4 Å². The lowest BCUT2D eigenvalue weighted by Crippen LogP contribution is -2.30. The van der Waals surface area contributed by atoms with E-state index in [-0.39, 0.29) is 11.1 Å². The minimum Gasteiger partial charge on any atom is -0.478 e. The van der Waals surface area contributed by atoms with Gasteiger partial charge in [0.1, 0.15) is 17.4 Å². The second kappa shape index (κ2) is 6.74. The summed E-state index contributed by atoms with van der Waals surface area (Å²) in [6.07, 6.45) is 1.89. The van der Waals surface area contributed by atoms with Crippen LogP contribution in [0.3, 0.4) is 0 Å². The van der Waals surface area contributed by atoms with Crippen LogP contribution in [-0.4, -0.2) is 14.8 Å². The first-order valence-corrected chi connectivity index (χ1v) is 9.29. The van der Waals surface area contributed by atoms with Crippen LogP contribution in [-0.2, 0) is 5.60 Å². The lowest BCUT2D eigenvalue weighted by molar-refractivity contribution is 0.0937. The first-order chi connectivity index (χ1) is 13.3. The van der Waals surface area contributed by atoms with Gasteiger partial charge in [-0.05, 0) is 63.1 Å². The van der Waals surface area contributed by atoms with Gasteiger partial charge >= 0.3 is 0 Å². The summed E-state index contributed by atoms with van der Waals surface area (Å²) in [4.78, 5) is 0. The van der Waals surface area contributed by atoms with E-state index in [2.05, 4.69) is 10.2 Å². The molecule has 0 bridgehead atoms. The standard InChI is InChI=1S/C20H19ClF2N4O/c1-20(2,28-17-8-3-11(22)9-15(17)21)19-26-25-18(27(19)13-5-6-13)14-7-4-12(24)10-16(14)23/h3-4,7-10,13H,5-6,24H2,1-2H3. The molecule has 0 radical (unpaired) electrons. The van der Waals surface area contributed by atoms with E-state index < -0.39 is 17.2 Å². The van der Waals surface area contributed by atoms with Crippen LogP contribution in [0.2, 0.25) is 5.02 Å². The summed E-state index contributed by atoms with van der Waals surface area (Å²) in [6, 6.07) is 8.60. The second-order valence-electron chi connectivity index (χ2n) is 7.37. The summed E-state index contributed by atoms with van der Waals surface area (Å²) in [7, 11) is 0. The molecule has 1 heterocycles. The lowest BCUT2D eigenvalue weighted by Gasteiger charge is -2.27. The second-order valence-corrected chi connectivity index (χ2v) is 7.78. The Balaban J connectivity index is 1.76. The van der Waals surface area contributed by atoms with Crippen LogP contribution >= 0.6 is 11.6 Å². The SMILES string of the molecule is CC(C)(Oc1ccc(F)cc1Cl)c1nnc(-c2ccc(N)cc2F)n1C1CC1. The Labute approximate surface area is 166 Å². The quantitative estimate of drug-likeness (QED) is 0.600. The van der Waals surface area contributed by atoms with E-state index in [1.165, 1.54) is 24.3 Å². The van der Waals surface area contributed by atoms with Crippen molar-refractivity contribution in [2.75, 3.05) is 5.73 Å². The molecule has 0 aliphatic heterocycles. The Morgan fingerprint density at radius 3 is 2.54 bits per heavy atom. The van der Waals surface area contributed by atoms with Crippen molar-refractivity contribution in [3.05, 3.63) is 58.9 Å². The van der Waals surface area contributed by atoms with E-state index in [4.69, 9.17) is 22.1 Å². The lowest BCUT2D eigenvalue weighted by atomic mass is 10.1. The van der Waals surface area contributed by atoms with Crippen molar-refractivity contribution in [3.63, 3.8) is 0 Å². The summed E-state index contributed by atoms with van der Waals surface area (Å²) in [5.74, 6) is 0.399. The molecule has 0 spiro atoms. The monoisotopic (exact) mass is 404 g/mol. The van der Waals surface area contributed by atoms with Crippen LogP contribution in [0, 0.1) is 11.6 Å². The Hall–Kier alpha value is -2.67. The molecule has 1 aromatic heterocycles. The molecule has 2 aromatic carbocycles. The van der Waals surface area contributed by atoms with Gasteiger partial charge in [0.2, 0.25) is 0 Å². The van der Waals surface area contributed by atoms with Crippen molar-refractivity contribution < 1.29 is 13.5 Å². The molecule has 0 unspecified atom stereocenters. The molecule has 0 saturated heterocycles. The predicted molar refractivity (Wildman–Crippen MR) is 103 cm³/mol. The third-order valence-electron chi connectivity index (χ3n) is 4.64. The molecule has 0 amide bonds. The molecule has 4 rings (SSSR count). The Bertz CT molecular complexity index is 1050. The van der Waals surface area contributed by atoms with Gasteiger partial charge in [0.25, 0.3) is 0 Å². The molecule has 8 heteroatoms. The van der Waals surface area contributed by atoms with Crippen molar-refractivity contribution in [2.45, 2.75) is 38.3 Å².